The number of amides is 1. The lowest BCUT2D eigenvalue weighted by Gasteiger charge is -2.22. The van der Waals surface area contributed by atoms with Gasteiger partial charge in [-0.25, -0.2) is 13.6 Å². The van der Waals surface area contributed by atoms with Gasteiger partial charge in [-0.3, -0.25) is 4.79 Å². The topological polar surface area (TPSA) is 102 Å². The molecule has 3 N–H and O–H groups in total. The van der Waals surface area contributed by atoms with Crippen molar-refractivity contribution >= 4 is 15.9 Å². The molecule has 0 spiro atoms. The van der Waals surface area contributed by atoms with Crippen molar-refractivity contribution in [2.45, 2.75) is 36.6 Å². The highest BCUT2D eigenvalue weighted by atomic mass is 32.2. The van der Waals surface area contributed by atoms with E-state index in [-0.39, 0.29) is 23.3 Å². The van der Waals surface area contributed by atoms with Gasteiger partial charge in [-0.2, -0.15) is 0 Å². The number of furan rings is 1. The summed E-state index contributed by atoms with van der Waals surface area (Å²) in [5.74, 6) is 0.839. The van der Waals surface area contributed by atoms with Crippen molar-refractivity contribution < 1.29 is 17.6 Å². The third-order valence-electron chi connectivity index (χ3n) is 4.00. The zero-order valence-corrected chi connectivity index (χ0v) is 13.3. The van der Waals surface area contributed by atoms with Crippen LogP contribution in [0.5, 0.6) is 0 Å². The van der Waals surface area contributed by atoms with Crippen molar-refractivity contribution in [1.29, 1.82) is 0 Å². The first kappa shape index (κ1) is 15.8. The van der Waals surface area contributed by atoms with Gasteiger partial charge in [0.05, 0.1) is 23.6 Å². The van der Waals surface area contributed by atoms with Gasteiger partial charge in [-0.05, 0) is 36.6 Å². The molecule has 0 saturated carbocycles. The van der Waals surface area contributed by atoms with E-state index in [0.29, 0.717) is 0 Å². The summed E-state index contributed by atoms with van der Waals surface area (Å²) in [6.45, 7) is 0. The molecule has 1 amide bonds. The van der Waals surface area contributed by atoms with E-state index in [1.54, 1.807) is 18.4 Å². The summed E-state index contributed by atoms with van der Waals surface area (Å²) in [6, 6.07) is 7.90. The van der Waals surface area contributed by atoms with Crippen molar-refractivity contribution in [3.63, 3.8) is 0 Å². The minimum atomic E-state index is -3.71. The maximum Gasteiger partial charge on any atom is 0.238 e. The molecule has 1 aromatic carbocycles. The molecule has 1 heterocycles. The maximum absolute atomic E-state index is 12.2. The Bertz CT molecular complexity index is 809. The molecule has 0 saturated heterocycles. The molecule has 6 nitrogen and oxygen atoms in total. The molecule has 1 unspecified atom stereocenters. The van der Waals surface area contributed by atoms with Crippen LogP contribution < -0.4 is 10.5 Å². The number of carbonyl (C=O) groups is 1. The van der Waals surface area contributed by atoms with Crippen molar-refractivity contribution in [3.05, 3.63) is 53.5 Å². The van der Waals surface area contributed by atoms with Crippen LogP contribution in [0, 0.1) is 0 Å². The van der Waals surface area contributed by atoms with Crippen molar-refractivity contribution in [2.24, 2.45) is 5.14 Å². The predicted molar refractivity (Wildman–Crippen MR) is 84.0 cm³/mol. The average molecular weight is 334 g/mol. The second-order valence-electron chi connectivity index (χ2n) is 5.68. The highest BCUT2D eigenvalue weighted by Gasteiger charge is 2.23. The fourth-order valence-electron chi connectivity index (χ4n) is 2.86. The summed E-state index contributed by atoms with van der Waals surface area (Å²) in [5.41, 5.74) is 1.78. The molecule has 3 rings (SSSR count). The lowest BCUT2D eigenvalue weighted by molar-refractivity contribution is -0.121. The largest absolute Gasteiger partial charge is 0.469 e. The maximum atomic E-state index is 12.2. The van der Waals surface area contributed by atoms with E-state index >= 15 is 0 Å². The Balaban J connectivity index is 1.64. The van der Waals surface area contributed by atoms with Crippen LogP contribution in [0.3, 0.4) is 0 Å². The van der Waals surface area contributed by atoms with Gasteiger partial charge in [0.15, 0.2) is 0 Å². The number of nitrogens with two attached hydrogens (primary N) is 1. The van der Waals surface area contributed by atoms with Gasteiger partial charge in [0.1, 0.15) is 5.76 Å². The number of hydrogen-bond donors (Lipinski definition) is 2. The van der Waals surface area contributed by atoms with Crippen molar-refractivity contribution in [3.8, 4) is 0 Å². The molecule has 0 radical (unpaired) electrons. The minimum absolute atomic E-state index is 0.0197. The van der Waals surface area contributed by atoms with Crippen LogP contribution in [0.25, 0.3) is 0 Å². The molecule has 0 aliphatic heterocycles. The molecular weight excluding hydrogens is 316 g/mol. The van der Waals surface area contributed by atoms with E-state index in [0.717, 1.165) is 36.1 Å². The van der Waals surface area contributed by atoms with Crippen molar-refractivity contribution in [1.82, 2.24) is 5.32 Å². The van der Waals surface area contributed by atoms with Gasteiger partial charge >= 0.3 is 0 Å². The molecule has 122 valence electrons. The Morgan fingerprint density at radius 2 is 2.00 bits per heavy atom. The summed E-state index contributed by atoms with van der Waals surface area (Å²) in [6.07, 6.45) is 4.62. The molecule has 1 aliphatic rings. The molecule has 0 bridgehead atoms. The van der Waals surface area contributed by atoms with E-state index < -0.39 is 10.0 Å². The number of benzene rings is 1. The molecule has 2 aromatic rings. The van der Waals surface area contributed by atoms with Crippen molar-refractivity contribution in [2.75, 3.05) is 0 Å². The molecular formula is C16H18N2O4S. The fraction of sp³-hybridized carbons (Fsp3) is 0.312. The lowest BCUT2D eigenvalue weighted by Crippen LogP contribution is -2.31. The second-order valence-corrected chi connectivity index (χ2v) is 7.24. The number of hydrogen-bond acceptors (Lipinski definition) is 4. The van der Waals surface area contributed by atoms with E-state index in [1.807, 2.05) is 6.07 Å². The smallest absolute Gasteiger partial charge is 0.238 e. The lowest BCUT2D eigenvalue weighted by atomic mass is 9.93. The molecule has 1 aliphatic carbocycles. The average Bonchev–Trinajstić information content (AvgIpc) is 2.96. The van der Waals surface area contributed by atoms with E-state index in [2.05, 4.69) is 5.32 Å². The number of aryl methyl sites for hydroxylation is 1. The Morgan fingerprint density at radius 1 is 1.26 bits per heavy atom. The highest BCUT2D eigenvalue weighted by molar-refractivity contribution is 7.89. The Kier molecular flexibility index (Phi) is 4.23. The Hall–Kier alpha value is -2.12. The van der Waals surface area contributed by atoms with Gasteiger partial charge < -0.3 is 9.73 Å². The van der Waals surface area contributed by atoms with Gasteiger partial charge in [-0.1, -0.05) is 12.1 Å². The van der Waals surface area contributed by atoms with Crippen LogP contribution in [0.4, 0.5) is 0 Å². The number of sulfonamides is 1. The van der Waals surface area contributed by atoms with Crippen LogP contribution in [-0.4, -0.2) is 14.3 Å². The van der Waals surface area contributed by atoms with Gasteiger partial charge in [-0.15, -0.1) is 0 Å². The first-order chi connectivity index (χ1) is 10.9. The Labute approximate surface area is 134 Å². The number of primary sulfonamides is 1. The van der Waals surface area contributed by atoms with Crippen LogP contribution >= 0.6 is 0 Å². The number of fused-ring (bicyclic) bond motifs is 1. The first-order valence-corrected chi connectivity index (χ1v) is 8.95. The summed E-state index contributed by atoms with van der Waals surface area (Å²) >= 11 is 0. The zero-order chi connectivity index (χ0) is 16.4. The minimum Gasteiger partial charge on any atom is -0.469 e. The van der Waals surface area contributed by atoms with E-state index in [1.165, 1.54) is 12.1 Å². The fourth-order valence-corrected chi connectivity index (χ4v) is 3.38. The van der Waals surface area contributed by atoms with Gasteiger partial charge in [0.2, 0.25) is 15.9 Å². The Morgan fingerprint density at radius 3 is 2.70 bits per heavy atom. The molecule has 0 fully saturated rings. The number of carbonyl (C=O) groups excluding carboxylic acids is 1. The van der Waals surface area contributed by atoms with Gasteiger partial charge in [0.25, 0.3) is 0 Å². The third kappa shape index (κ3) is 3.62. The van der Waals surface area contributed by atoms with E-state index in [4.69, 9.17) is 9.56 Å². The molecule has 23 heavy (non-hydrogen) atoms. The molecule has 1 atom stereocenters. The predicted octanol–water partition coefficient (Wildman–Crippen LogP) is 1.66. The van der Waals surface area contributed by atoms with Crippen LogP contribution in [0.2, 0.25) is 0 Å². The normalized spacial score (nSPS) is 17.5. The van der Waals surface area contributed by atoms with E-state index in [9.17, 15) is 13.2 Å². The molecule has 1 aromatic heterocycles. The summed E-state index contributed by atoms with van der Waals surface area (Å²) in [5, 5.41) is 8.06. The third-order valence-corrected chi connectivity index (χ3v) is 4.93. The number of rotatable bonds is 4. The SMILES string of the molecule is NS(=O)(=O)c1ccc(CC(=O)NC2CCCc3occc32)cc1. The summed E-state index contributed by atoms with van der Waals surface area (Å²) in [7, 11) is -3.71. The monoisotopic (exact) mass is 334 g/mol. The zero-order valence-electron chi connectivity index (χ0n) is 12.5. The standard InChI is InChI=1S/C16H18N2O4S/c17-23(20,21)12-6-4-11(5-7-12)10-16(19)18-14-2-1-3-15-13(14)8-9-22-15/h4-9,14H,1-3,10H2,(H,18,19)(H2,17,20,21). The first-order valence-electron chi connectivity index (χ1n) is 7.41. The summed E-state index contributed by atoms with van der Waals surface area (Å²) < 4.78 is 27.8. The summed E-state index contributed by atoms with van der Waals surface area (Å²) in [4.78, 5) is 12.2. The quantitative estimate of drug-likeness (QED) is 0.887. The highest BCUT2D eigenvalue weighted by Crippen LogP contribution is 2.30. The second kappa shape index (κ2) is 6.17. The number of nitrogens with one attached hydrogen (secondary N) is 1. The van der Waals surface area contributed by atoms with Gasteiger partial charge in [0, 0.05) is 12.0 Å². The van der Waals surface area contributed by atoms with Crippen LogP contribution in [0.15, 0.2) is 45.9 Å². The van der Waals surface area contributed by atoms with Crippen LogP contribution in [0.1, 0.15) is 35.8 Å². The van der Waals surface area contributed by atoms with Crippen LogP contribution in [-0.2, 0) is 27.7 Å². The molecule has 7 heteroatoms.